The number of amides is 1. The molecular weight excluding hydrogens is 458 g/mol. The van der Waals surface area contributed by atoms with Crippen molar-refractivity contribution in [3.8, 4) is 11.4 Å². The van der Waals surface area contributed by atoms with Gasteiger partial charge in [0.25, 0.3) is 0 Å². The zero-order valence-electron chi connectivity index (χ0n) is 19.4. The van der Waals surface area contributed by atoms with E-state index in [1.54, 1.807) is 6.92 Å². The van der Waals surface area contributed by atoms with Gasteiger partial charge in [-0.15, -0.1) is 10.2 Å². The third-order valence-corrected chi connectivity index (χ3v) is 7.15. The summed E-state index contributed by atoms with van der Waals surface area (Å²) in [6.07, 6.45) is 0. The van der Waals surface area contributed by atoms with Crippen LogP contribution in [0.3, 0.4) is 0 Å². The van der Waals surface area contributed by atoms with Crippen LogP contribution in [0.5, 0.6) is 0 Å². The predicted octanol–water partition coefficient (Wildman–Crippen LogP) is 4.03. The molecule has 1 amide bonds. The molecule has 1 atom stereocenters. The molecule has 3 rings (SSSR count). The number of carbonyl (C=O) groups is 1. The number of hydrogen-bond acceptors (Lipinski definition) is 6. The van der Waals surface area contributed by atoms with E-state index in [0.717, 1.165) is 11.4 Å². The van der Waals surface area contributed by atoms with Crippen LogP contribution in [-0.4, -0.2) is 34.3 Å². The minimum Gasteiger partial charge on any atom is -0.325 e. The number of primary sulfonamides is 1. The van der Waals surface area contributed by atoms with E-state index in [0.29, 0.717) is 17.4 Å². The normalized spacial score (nSPS) is 13.0. The van der Waals surface area contributed by atoms with E-state index in [9.17, 15) is 13.2 Å². The Morgan fingerprint density at radius 1 is 1.09 bits per heavy atom. The second-order valence-electron chi connectivity index (χ2n) is 8.70. The summed E-state index contributed by atoms with van der Waals surface area (Å²) in [5.41, 5.74) is 2.76. The standard InChI is InChI=1S/C23H29N5O3S2/c1-6-28-20(16-7-9-17(10-8-16)23(3,4)5)26-27-22(28)32-15(2)21(29)25-18-11-13-19(14-12-18)33(24,30)31/h7-15H,6H2,1-5H3,(H,25,29)(H2,24,30,31). The third-order valence-electron chi connectivity index (χ3n) is 5.14. The Bertz CT molecular complexity index is 1230. The predicted molar refractivity (Wildman–Crippen MR) is 132 cm³/mol. The van der Waals surface area contributed by atoms with E-state index < -0.39 is 15.3 Å². The Morgan fingerprint density at radius 2 is 1.70 bits per heavy atom. The smallest absolute Gasteiger partial charge is 0.238 e. The van der Waals surface area contributed by atoms with Crippen molar-refractivity contribution in [1.82, 2.24) is 14.8 Å². The van der Waals surface area contributed by atoms with Crippen LogP contribution in [0.15, 0.2) is 58.6 Å². The molecule has 0 saturated heterocycles. The number of aromatic nitrogens is 3. The largest absolute Gasteiger partial charge is 0.325 e. The molecule has 33 heavy (non-hydrogen) atoms. The van der Waals surface area contributed by atoms with Gasteiger partial charge in [0.15, 0.2) is 11.0 Å². The summed E-state index contributed by atoms with van der Waals surface area (Å²) in [4.78, 5) is 12.7. The van der Waals surface area contributed by atoms with Crippen molar-refractivity contribution in [3.63, 3.8) is 0 Å². The first-order valence-corrected chi connectivity index (χ1v) is 13.0. The number of anilines is 1. The van der Waals surface area contributed by atoms with E-state index in [2.05, 4.69) is 48.4 Å². The molecule has 1 unspecified atom stereocenters. The van der Waals surface area contributed by atoms with Gasteiger partial charge in [-0.25, -0.2) is 13.6 Å². The maximum Gasteiger partial charge on any atom is 0.238 e. The molecule has 1 aromatic heterocycles. The highest BCUT2D eigenvalue weighted by molar-refractivity contribution is 8.00. The lowest BCUT2D eigenvalue weighted by atomic mass is 9.87. The van der Waals surface area contributed by atoms with Crippen molar-refractivity contribution in [2.24, 2.45) is 5.14 Å². The van der Waals surface area contributed by atoms with E-state index in [1.807, 2.05) is 23.6 Å². The van der Waals surface area contributed by atoms with Crippen LogP contribution >= 0.6 is 11.8 Å². The summed E-state index contributed by atoms with van der Waals surface area (Å²) >= 11 is 1.31. The molecule has 0 bridgehead atoms. The molecule has 0 aliphatic heterocycles. The quantitative estimate of drug-likeness (QED) is 0.486. The summed E-state index contributed by atoms with van der Waals surface area (Å²) in [7, 11) is -3.78. The SMILES string of the molecule is CCn1c(SC(C)C(=O)Nc2ccc(S(N)(=O)=O)cc2)nnc1-c1ccc(C(C)(C)C)cc1. The maximum atomic E-state index is 12.7. The molecule has 2 aromatic carbocycles. The van der Waals surface area contributed by atoms with Crippen LogP contribution in [0.4, 0.5) is 5.69 Å². The number of nitrogens with one attached hydrogen (secondary N) is 1. The molecule has 0 aliphatic rings. The molecule has 0 fully saturated rings. The van der Waals surface area contributed by atoms with Crippen molar-refractivity contribution in [1.29, 1.82) is 0 Å². The molecule has 0 saturated carbocycles. The van der Waals surface area contributed by atoms with Gasteiger partial charge in [-0.3, -0.25) is 4.79 Å². The fraction of sp³-hybridized carbons (Fsp3) is 0.348. The molecule has 0 spiro atoms. The second kappa shape index (κ2) is 9.66. The highest BCUT2D eigenvalue weighted by Gasteiger charge is 2.21. The lowest BCUT2D eigenvalue weighted by Crippen LogP contribution is -2.23. The van der Waals surface area contributed by atoms with Gasteiger partial charge in [-0.1, -0.05) is 56.8 Å². The number of nitrogens with zero attached hydrogens (tertiary/aromatic N) is 3. The van der Waals surface area contributed by atoms with E-state index >= 15 is 0 Å². The maximum absolute atomic E-state index is 12.7. The van der Waals surface area contributed by atoms with Crippen LogP contribution < -0.4 is 10.5 Å². The third kappa shape index (κ3) is 6.01. The van der Waals surface area contributed by atoms with Gasteiger partial charge in [0.2, 0.25) is 15.9 Å². The minimum absolute atomic E-state index is 0.0120. The van der Waals surface area contributed by atoms with Crippen molar-refractivity contribution in [2.75, 3.05) is 5.32 Å². The Hall–Kier alpha value is -2.69. The Morgan fingerprint density at radius 3 is 2.21 bits per heavy atom. The van der Waals surface area contributed by atoms with Crippen LogP contribution in [0.2, 0.25) is 0 Å². The lowest BCUT2D eigenvalue weighted by Gasteiger charge is -2.19. The number of thioether (sulfide) groups is 1. The van der Waals surface area contributed by atoms with Crippen LogP contribution in [0.1, 0.15) is 40.2 Å². The molecule has 3 N–H and O–H groups in total. The van der Waals surface area contributed by atoms with Crippen molar-refractivity contribution >= 4 is 33.4 Å². The molecule has 176 valence electrons. The number of benzene rings is 2. The summed E-state index contributed by atoms with van der Waals surface area (Å²) < 4.78 is 24.7. The zero-order chi connectivity index (χ0) is 24.4. The molecule has 0 aliphatic carbocycles. The minimum atomic E-state index is -3.78. The lowest BCUT2D eigenvalue weighted by molar-refractivity contribution is -0.115. The monoisotopic (exact) mass is 487 g/mol. The first kappa shape index (κ1) is 24.9. The van der Waals surface area contributed by atoms with Gasteiger partial charge in [0, 0.05) is 17.8 Å². The zero-order valence-corrected chi connectivity index (χ0v) is 21.0. The van der Waals surface area contributed by atoms with Gasteiger partial charge < -0.3 is 9.88 Å². The fourth-order valence-corrected chi connectivity index (χ4v) is 4.61. The van der Waals surface area contributed by atoms with Crippen LogP contribution in [0.25, 0.3) is 11.4 Å². The van der Waals surface area contributed by atoms with E-state index in [-0.39, 0.29) is 16.2 Å². The average Bonchev–Trinajstić information content (AvgIpc) is 3.15. The Kier molecular flexibility index (Phi) is 7.30. The van der Waals surface area contributed by atoms with Crippen LogP contribution in [-0.2, 0) is 26.8 Å². The molecule has 8 nitrogen and oxygen atoms in total. The Labute approximate surface area is 199 Å². The number of sulfonamides is 1. The van der Waals surface area contributed by atoms with E-state index in [4.69, 9.17) is 5.14 Å². The highest BCUT2D eigenvalue weighted by Crippen LogP contribution is 2.29. The molecule has 10 heteroatoms. The summed E-state index contributed by atoms with van der Waals surface area (Å²) in [5.74, 6) is 0.525. The number of rotatable bonds is 7. The first-order valence-electron chi connectivity index (χ1n) is 10.5. The fourth-order valence-electron chi connectivity index (χ4n) is 3.18. The van der Waals surface area contributed by atoms with Gasteiger partial charge in [0.1, 0.15) is 0 Å². The number of carbonyl (C=O) groups excluding carboxylic acids is 1. The number of hydrogen-bond donors (Lipinski definition) is 2. The van der Waals surface area contributed by atoms with Gasteiger partial charge >= 0.3 is 0 Å². The molecular formula is C23H29N5O3S2. The van der Waals surface area contributed by atoms with Crippen LogP contribution in [0, 0.1) is 0 Å². The number of nitrogens with two attached hydrogens (primary N) is 1. The van der Waals surface area contributed by atoms with Gasteiger partial charge in [-0.2, -0.15) is 0 Å². The highest BCUT2D eigenvalue weighted by atomic mass is 32.2. The molecule has 0 radical (unpaired) electrons. The summed E-state index contributed by atoms with van der Waals surface area (Å²) in [5, 5.41) is 16.8. The van der Waals surface area contributed by atoms with Gasteiger partial charge in [0.05, 0.1) is 10.1 Å². The Balaban J connectivity index is 1.73. The van der Waals surface area contributed by atoms with Crippen molar-refractivity contribution in [3.05, 3.63) is 54.1 Å². The van der Waals surface area contributed by atoms with Crippen molar-refractivity contribution in [2.45, 2.75) is 61.9 Å². The second-order valence-corrected chi connectivity index (χ2v) is 11.6. The average molecular weight is 488 g/mol. The van der Waals surface area contributed by atoms with Crippen molar-refractivity contribution < 1.29 is 13.2 Å². The van der Waals surface area contributed by atoms with E-state index in [1.165, 1.54) is 41.6 Å². The summed E-state index contributed by atoms with van der Waals surface area (Å²) in [6.45, 7) is 11.0. The molecule has 3 aromatic rings. The first-order chi connectivity index (χ1) is 15.4. The topological polar surface area (TPSA) is 120 Å². The van der Waals surface area contributed by atoms with Gasteiger partial charge in [-0.05, 0) is 49.1 Å². The molecule has 1 heterocycles. The summed E-state index contributed by atoms with van der Waals surface area (Å²) in [6, 6.07) is 14.0.